The van der Waals surface area contributed by atoms with E-state index in [-0.39, 0.29) is 30.5 Å². The van der Waals surface area contributed by atoms with Crippen molar-refractivity contribution < 1.29 is 29.5 Å². The molecule has 2 rings (SSSR count). The van der Waals surface area contributed by atoms with Crippen LogP contribution in [0.1, 0.15) is 37.9 Å². The van der Waals surface area contributed by atoms with Gasteiger partial charge in [-0.1, -0.05) is 0 Å². The highest BCUT2D eigenvalue weighted by atomic mass is 16.6. The number of hydrogen-bond donors (Lipinski definition) is 2. The number of Topliss-reactive ketones (excluding diaryl/α,β-unsaturated/α-hetero) is 1. The minimum Gasteiger partial charge on any atom is -0.481 e. The van der Waals surface area contributed by atoms with E-state index in [1.54, 1.807) is 0 Å². The predicted molar refractivity (Wildman–Crippen MR) is 75.6 cm³/mol. The van der Waals surface area contributed by atoms with Crippen molar-refractivity contribution in [2.24, 2.45) is 0 Å². The molecule has 2 N–H and O–H groups in total. The number of nitrogens with zero attached hydrogens (tertiary/aromatic N) is 2. The number of aromatic nitrogens is 1. The van der Waals surface area contributed by atoms with Gasteiger partial charge in [-0.25, -0.2) is 0 Å². The van der Waals surface area contributed by atoms with Gasteiger partial charge in [-0.15, -0.1) is 0 Å². The van der Waals surface area contributed by atoms with Gasteiger partial charge in [0.25, 0.3) is 5.69 Å². The number of hydrogen-bond acceptors (Lipinski definition) is 7. The van der Waals surface area contributed by atoms with Gasteiger partial charge in [0.05, 0.1) is 22.7 Å². The molecule has 0 unspecified atom stereocenters. The predicted octanol–water partition coefficient (Wildman–Crippen LogP) is 1.00. The Balaban J connectivity index is 2.24. The summed E-state index contributed by atoms with van der Waals surface area (Å²) in [6, 6.07) is 1.39. The standard InChI is InChI=1S/C14H16N2O7/c1-8-14(20,4-2-13(18)19)12(17)6-11(23-8)9-3-5-15-7-10(9)16(21)22/h3,5,7-8,11,20H,2,4,6H2,1H3,(H,18,19)/t8-,11-,14+/m1/s1. The molecule has 1 aromatic heterocycles. The average molecular weight is 324 g/mol. The molecule has 23 heavy (non-hydrogen) atoms. The second-order valence-electron chi connectivity index (χ2n) is 5.40. The smallest absolute Gasteiger partial charge is 0.303 e. The molecule has 1 fully saturated rings. The SMILES string of the molecule is C[C@H]1O[C@@H](c2ccncc2[N+](=O)[O-])CC(=O)[C@]1(O)CCC(=O)O. The Kier molecular flexibility index (Phi) is 4.71. The molecule has 0 aromatic carbocycles. The molecule has 1 saturated heterocycles. The first-order valence-electron chi connectivity index (χ1n) is 6.97. The number of carbonyl (C=O) groups is 2. The van der Waals surface area contributed by atoms with Crippen LogP contribution in [-0.4, -0.2) is 43.6 Å². The third kappa shape index (κ3) is 3.35. The zero-order valence-electron chi connectivity index (χ0n) is 12.3. The number of carboxylic acids is 1. The Morgan fingerprint density at radius 2 is 2.30 bits per heavy atom. The summed E-state index contributed by atoms with van der Waals surface area (Å²) in [4.78, 5) is 37.1. The summed E-state index contributed by atoms with van der Waals surface area (Å²) in [5, 5.41) is 30.2. The lowest BCUT2D eigenvalue weighted by molar-refractivity contribution is -0.386. The summed E-state index contributed by atoms with van der Waals surface area (Å²) in [6.07, 6.45) is -0.369. The lowest BCUT2D eigenvalue weighted by atomic mass is 9.81. The Bertz CT molecular complexity index is 648. The fraction of sp³-hybridized carbons (Fsp3) is 0.500. The molecule has 0 saturated carbocycles. The van der Waals surface area contributed by atoms with Gasteiger partial charge in [0.1, 0.15) is 11.8 Å². The van der Waals surface area contributed by atoms with Crippen LogP contribution >= 0.6 is 0 Å². The molecule has 0 spiro atoms. The van der Waals surface area contributed by atoms with E-state index in [4.69, 9.17) is 9.84 Å². The van der Waals surface area contributed by atoms with Gasteiger partial charge in [-0.2, -0.15) is 0 Å². The van der Waals surface area contributed by atoms with Crippen LogP contribution in [0.5, 0.6) is 0 Å². The van der Waals surface area contributed by atoms with E-state index in [1.165, 1.54) is 19.2 Å². The maximum atomic E-state index is 12.3. The fourth-order valence-electron chi connectivity index (χ4n) is 2.62. The normalized spacial score (nSPS) is 27.7. The van der Waals surface area contributed by atoms with Gasteiger partial charge in [0.2, 0.25) is 0 Å². The van der Waals surface area contributed by atoms with Crippen molar-refractivity contribution in [3.63, 3.8) is 0 Å². The van der Waals surface area contributed by atoms with Crippen LogP contribution in [0.4, 0.5) is 5.69 Å². The van der Waals surface area contributed by atoms with E-state index in [1.807, 2.05) is 0 Å². The summed E-state index contributed by atoms with van der Waals surface area (Å²) in [7, 11) is 0. The van der Waals surface area contributed by atoms with Crippen LogP contribution in [0.25, 0.3) is 0 Å². The zero-order chi connectivity index (χ0) is 17.2. The molecular formula is C14H16N2O7. The number of rotatable bonds is 5. The zero-order valence-corrected chi connectivity index (χ0v) is 12.3. The maximum absolute atomic E-state index is 12.3. The van der Waals surface area contributed by atoms with Crippen molar-refractivity contribution in [1.82, 2.24) is 4.98 Å². The Morgan fingerprint density at radius 1 is 1.61 bits per heavy atom. The molecule has 1 aromatic rings. The number of pyridine rings is 1. The largest absolute Gasteiger partial charge is 0.481 e. The third-order valence-corrected chi connectivity index (χ3v) is 3.99. The highest BCUT2D eigenvalue weighted by Crippen LogP contribution is 2.39. The first-order valence-corrected chi connectivity index (χ1v) is 6.97. The average Bonchev–Trinajstić information content (AvgIpc) is 2.50. The molecule has 0 bridgehead atoms. The molecule has 9 heteroatoms. The quantitative estimate of drug-likeness (QED) is 0.604. The highest BCUT2D eigenvalue weighted by molar-refractivity contribution is 5.89. The van der Waals surface area contributed by atoms with E-state index >= 15 is 0 Å². The minimum absolute atomic E-state index is 0.200. The van der Waals surface area contributed by atoms with Crippen LogP contribution in [-0.2, 0) is 14.3 Å². The number of aliphatic carboxylic acids is 1. The van der Waals surface area contributed by atoms with E-state index in [9.17, 15) is 24.8 Å². The number of carboxylic acid groups (broad SMARTS) is 1. The van der Waals surface area contributed by atoms with Gasteiger partial charge in [-0.05, 0) is 19.4 Å². The Labute approximate surface area is 131 Å². The van der Waals surface area contributed by atoms with E-state index in [0.717, 1.165) is 6.20 Å². The summed E-state index contributed by atoms with van der Waals surface area (Å²) in [5.74, 6) is -1.72. The van der Waals surface area contributed by atoms with E-state index in [2.05, 4.69) is 4.98 Å². The molecule has 0 radical (unpaired) electrons. The van der Waals surface area contributed by atoms with Crippen molar-refractivity contribution in [3.8, 4) is 0 Å². The molecule has 0 aliphatic carbocycles. The summed E-state index contributed by atoms with van der Waals surface area (Å²) in [6.45, 7) is 1.44. The van der Waals surface area contributed by atoms with Crippen LogP contribution in [0.15, 0.2) is 18.5 Å². The molecule has 3 atom stereocenters. The van der Waals surface area contributed by atoms with Gasteiger partial charge >= 0.3 is 5.97 Å². The van der Waals surface area contributed by atoms with Crippen molar-refractivity contribution in [1.29, 1.82) is 0 Å². The number of ether oxygens (including phenoxy) is 1. The monoisotopic (exact) mass is 324 g/mol. The third-order valence-electron chi connectivity index (χ3n) is 3.99. The van der Waals surface area contributed by atoms with Gasteiger partial charge in [0, 0.05) is 19.0 Å². The van der Waals surface area contributed by atoms with Crippen LogP contribution in [0, 0.1) is 10.1 Å². The van der Waals surface area contributed by atoms with Gasteiger partial charge < -0.3 is 14.9 Å². The molecule has 2 heterocycles. The summed E-state index contributed by atoms with van der Waals surface area (Å²) < 4.78 is 5.59. The van der Waals surface area contributed by atoms with Crippen molar-refractivity contribution in [2.45, 2.75) is 44.0 Å². The Morgan fingerprint density at radius 3 is 2.87 bits per heavy atom. The maximum Gasteiger partial charge on any atom is 0.303 e. The first-order chi connectivity index (χ1) is 10.8. The Hall–Kier alpha value is -2.39. The van der Waals surface area contributed by atoms with Crippen LogP contribution in [0.2, 0.25) is 0 Å². The van der Waals surface area contributed by atoms with E-state index in [0.29, 0.717) is 0 Å². The summed E-state index contributed by atoms with van der Waals surface area (Å²) in [5.41, 5.74) is -1.98. The second-order valence-corrected chi connectivity index (χ2v) is 5.40. The minimum atomic E-state index is -1.91. The molecular weight excluding hydrogens is 308 g/mol. The topological polar surface area (TPSA) is 140 Å². The number of aliphatic hydroxyl groups is 1. The summed E-state index contributed by atoms with van der Waals surface area (Å²) >= 11 is 0. The molecule has 1 aliphatic heterocycles. The van der Waals surface area contributed by atoms with Gasteiger partial charge in [0.15, 0.2) is 5.78 Å². The van der Waals surface area contributed by atoms with Crippen LogP contribution < -0.4 is 0 Å². The number of carbonyl (C=O) groups excluding carboxylic acids is 1. The lowest BCUT2D eigenvalue weighted by Crippen LogP contribution is -2.54. The molecule has 0 amide bonds. The molecule has 124 valence electrons. The van der Waals surface area contributed by atoms with Gasteiger partial charge in [-0.3, -0.25) is 24.7 Å². The first kappa shape index (κ1) is 17.0. The fourth-order valence-corrected chi connectivity index (χ4v) is 2.62. The van der Waals surface area contributed by atoms with E-state index < -0.39 is 34.5 Å². The number of ketones is 1. The van der Waals surface area contributed by atoms with Crippen molar-refractivity contribution in [3.05, 3.63) is 34.1 Å². The molecule has 9 nitrogen and oxygen atoms in total. The van der Waals surface area contributed by atoms with Crippen molar-refractivity contribution >= 4 is 17.4 Å². The van der Waals surface area contributed by atoms with Crippen LogP contribution in [0.3, 0.4) is 0 Å². The number of nitro groups is 1. The second kappa shape index (κ2) is 6.39. The lowest BCUT2D eigenvalue weighted by Gasteiger charge is -2.40. The molecule has 1 aliphatic rings. The van der Waals surface area contributed by atoms with Crippen molar-refractivity contribution in [2.75, 3.05) is 0 Å². The highest BCUT2D eigenvalue weighted by Gasteiger charge is 2.48.